The summed E-state index contributed by atoms with van der Waals surface area (Å²) < 4.78 is 5.18. The Morgan fingerprint density at radius 1 is 1.09 bits per heavy atom. The number of hydrogen-bond donors (Lipinski definition) is 1. The largest absolute Gasteiger partial charge is 0.468 e. The molecule has 2 aromatic carbocycles. The summed E-state index contributed by atoms with van der Waals surface area (Å²) in [6.07, 6.45) is 0. The van der Waals surface area contributed by atoms with E-state index in [1.807, 2.05) is 56.3 Å². The first-order chi connectivity index (χ1) is 16.1. The Bertz CT molecular complexity index is 932. The maximum absolute atomic E-state index is 12.9. The minimum Gasteiger partial charge on any atom is -0.468 e. The highest BCUT2D eigenvalue weighted by Gasteiger charge is 2.44. The summed E-state index contributed by atoms with van der Waals surface area (Å²) in [7, 11) is 1.42. The molecule has 2 unspecified atom stereocenters. The van der Waals surface area contributed by atoms with Gasteiger partial charge < -0.3 is 15.0 Å². The van der Waals surface area contributed by atoms with Crippen molar-refractivity contribution in [2.24, 2.45) is 0 Å². The van der Waals surface area contributed by atoms with E-state index in [2.05, 4.69) is 16.3 Å². The van der Waals surface area contributed by atoms with Gasteiger partial charge in [0.25, 0.3) is 0 Å². The molecule has 6 nitrogen and oxygen atoms in total. The summed E-state index contributed by atoms with van der Waals surface area (Å²) in [6, 6.07) is 16.1. The van der Waals surface area contributed by atoms with Crippen molar-refractivity contribution < 1.29 is 14.3 Å². The van der Waals surface area contributed by atoms with Crippen molar-refractivity contribution in [3.63, 3.8) is 0 Å². The second-order valence-electron chi connectivity index (χ2n) is 8.00. The van der Waals surface area contributed by atoms with Crippen molar-refractivity contribution in [3.05, 3.63) is 65.2 Å². The van der Waals surface area contributed by atoms with Crippen LogP contribution in [0.25, 0.3) is 0 Å². The minimum absolute atomic E-state index is 0.0493. The number of nitrogens with zero attached hydrogens (tertiary/aromatic N) is 2. The number of benzene rings is 2. The first kappa shape index (κ1) is 25.3. The van der Waals surface area contributed by atoms with Gasteiger partial charge in [0.05, 0.1) is 7.11 Å². The number of carbonyl (C=O) groups is 2. The van der Waals surface area contributed by atoms with Crippen LogP contribution >= 0.6 is 11.8 Å². The number of methoxy groups -OCH3 is 1. The number of thioether (sulfide) groups is 1. The summed E-state index contributed by atoms with van der Waals surface area (Å²) in [5, 5.41) is 3.06. The third kappa shape index (κ3) is 5.96. The second-order valence-corrected chi connectivity index (χ2v) is 9.13. The van der Waals surface area contributed by atoms with Crippen LogP contribution in [0.4, 0.5) is 0 Å². The molecule has 178 valence electrons. The Kier molecular flexibility index (Phi) is 9.35. The maximum atomic E-state index is 12.9. The van der Waals surface area contributed by atoms with E-state index < -0.39 is 5.92 Å². The summed E-state index contributed by atoms with van der Waals surface area (Å²) in [4.78, 5) is 30.9. The fourth-order valence-corrected chi connectivity index (χ4v) is 5.95. The fourth-order valence-electron chi connectivity index (χ4n) is 4.34. The number of esters is 1. The van der Waals surface area contributed by atoms with Gasteiger partial charge in [-0.1, -0.05) is 74.1 Å². The molecule has 7 heteroatoms. The van der Waals surface area contributed by atoms with Gasteiger partial charge >= 0.3 is 5.97 Å². The molecule has 4 rings (SSSR count). The smallest absolute Gasteiger partial charge is 0.316 e. The van der Waals surface area contributed by atoms with Gasteiger partial charge in [0.15, 0.2) is 0 Å². The highest BCUT2D eigenvalue weighted by atomic mass is 32.2. The molecule has 1 fully saturated rings. The standard InChI is InChI=1S/C24H29N3O3S.C2H6/c1-17(28)27(15-18-7-4-3-5-8-18)23-21(24(29)30-2)20-10-6-9-19(22(20)31-23)16-26-13-11-25-12-14-26;1-2/h3-10,21,23,25H,11-16H2,1-2H3;1-2H3. The minimum atomic E-state index is -0.499. The summed E-state index contributed by atoms with van der Waals surface area (Å²) >= 11 is 1.62. The molecule has 2 aliphatic heterocycles. The van der Waals surface area contributed by atoms with Gasteiger partial charge in [-0.15, -0.1) is 0 Å². The van der Waals surface area contributed by atoms with Gasteiger partial charge in [-0.2, -0.15) is 0 Å². The van der Waals surface area contributed by atoms with Crippen molar-refractivity contribution in [2.75, 3.05) is 33.3 Å². The SMILES string of the molecule is CC.COC(=O)C1c2cccc(CN3CCNCC3)c2SC1N(Cc1ccccc1)C(C)=O. The zero-order chi connectivity index (χ0) is 23.8. The monoisotopic (exact) mass is 469 g/mol. The highest BCUT2D eigenvalue weighted by Crippen LogP contribution is 2.49. The van der Waals surface area contributed by atoms with Crippen LogP contribution in [0.5, 0.6) is 0 Å². The summed E-state index contributed by atoms with van der Waals surface area (Å²) in [5.74, 6) is -0.845. The molecule has 1 amide bonds. The molecular weight excluding hydrogens is 434 g/mol. The van der Waals surface area contributed by atoms with E-state index in [0.29, 0.717) is 6.54 Å². The third-order valence-corrected chi connectivity index (χ3v) is 7.45. The predicted molar refractivity (Wildman–Crippen MR) is 133 cm³/mol. The van der Waals surface area contributed by atoms with Crippen LogP contribution in [0.15, 0.2) is 53.4 Å². The van der Waals surface area contributed by atoms with Crippen molar-refractivity contribution in [1.82, 2.24) is 15.1 Å². The summed E-state index contributed by atoms with van der Waals surface area (Å²) in [6.45, 7) is 10.9. The molecule has 1 saturated heterocycles. The molecule has 0 bridgehead atoms. The normalized spacial score (nSPS) is 19.8. The van der Waals surface area contributed by atoms with E-state index in [0.717, 1.165) is 48.7 Å². The van der Waals surface area contributed by atoms with Crippen molar-refractivity contribution >= 4 is 23.6 Å². The fraction of sp³-hybridized carbons (Fsp3) is 0.462. The van der Waals surface area contributed by atoms with Gasteiger partial charge in [-0.3, -0.25) is 14.5 Å². The van der Waals surface area contributed by atoms with Crippen molar-refractivity contribution in [2.45, 2.75) is 50.0 Å². The van der Waals surface area contributed by atoms with Gasteiger partial charge in [0.2, 0.25) is 5.91 Å². The number of rotatable bonds is 6. The van der Waals surface area contributed by atoms with Gasteiger partial charge in [0.1, 0.15) is 11.3 Å². The molecule has 2 aromatic rings. The molecule has 0 aliphatic carbocycles. The number of carbonyl (C=O) groups excluding carboxylic acids is 2. The van der Waals surface area contributed by atoms with Crippen LogP contribution in [0.1, 0.15) is 43.4 Å². The molecule has 0 saturated carbocycles. The molecule has 2 atom stereocenters. The molecule has 2 aliphatic rings. The number of piperazine rings is 1. The molecule has 0 radical (unpaired) electrons. The van der Waals surface area contributed by atoms with Crippen LogP contribution < -0.4 is 5.32 Å². The van der Waals surface area contributed by atoms with E-state index in [9.17, 15) is 9.59 Å². The lowest BCUT2D eigenvalue weighted by atomic mass is 9.96. The zero-order valence-corrected chi connectivity index (χ0v) is 20.9. The average Bonchev–Trinajstić information content (AvgIpc) is 3.24. The van der Waals surface area contributed by atoms with Crippen LogP contribution in [-0.2, 0) is 27.4 Å². The van der Waals surface area contributed by atoms with Gasteiger partial charge in [-0.05, 0) is 16.7 Å². The van der Waals surface area contributed by atoms with E-state index in [1.165, 1.54) is 12.7 Å². The Morgan fingerprint density at radius 2 is 1.79 bits per heavy atom. The zero-order valence-electron chi connectivity index (χ0n) is 20.0. The molecule has 33 heavy (non-hydrogen) atoms. The van der Waals surface area contributed by atoms with Gasteiger partial charge in [-0.25, -0.2) is 0 Å². The number of hydrogen-bond acceptors (Lipinski definition) is 6. The Morgan fingerprint density at radius 3 is 2.42 bits per heavy atom. The van der Waals surface area contributed by atoms with Crippen LogP contribution in [0.3, 0.4) is 0 Å². The van der Waals surface area contributed by atoms with E-state index in [4.69, 9.17) is 4.74 Å². The Labute approximate surface area is 201 Å². The van der Waals surface area contributed by atoms with Gasteiger partial charge in [0, 0.05) is 51.1 Å². The first-order valence-corrected chi connectivity index (χ1v) is 12.6. The lowest BCUT2D eigenvalue weighted by Gasteiger charge is -2.31. The maximum Gasteiger partial charge on any atom is 0.316 e. The molecule has 0 spiro atoms. The third-order valence-electron chi connectivity index (χ3n) is 5.95. The molecule has 1 N–H and O–H groups in total. The van der Waals surface area contributed by atoms with Crippen LogP contribution in [0.2, 0.25) is 0 Å². The van der Waals surface area contributed by atoms with Crippen molar-refractivity contribution in [3.8, 4) is 0 Å². The molecule has 0 aromatic heterocycles. The number of nitrogens with one attached hydrogen (secondary N) is 1. The van der Waals surface area contributed by atoms with E-state index >= 15 is 0 Å². The van der Waals surface area contributed by atoms with Crippen LogP contribution in [0, 0.1) is 0 Å². The van der Waals surface area contributed by atoms with E-state index in [-0.39, 0.29) is 17.3 Å². The topological polar surface area (TPSA) is 61.9 Å². The quantitative estimate of drug-likeness (QED) is 0.649. The lowest BCUT2D eigenvalue weighted by molar-refractivity contribution is -0.144. The first-order valence-electron chi connectivity index (χ1n) is 11.7. The summed E-state index contributed by atoms with van der Waals surface area (Å²) in [5.41, 5.74) is 3.22. The molecule has 2 heterocycles. The predicted octanol–water partition coefficient (Wildman–Crippen LogP) is 3.86. The highest BCUT2D eigenvalue weighted by molar-refractivity contribution is 8.00. The number of amides is 1. The van der Waals surface area contributed by atoms with E-state index in [1.54, 1.807) is 23.6 Å². The second kappa shape index (κ2) is 12.2. The van der Waals surface area contributed by atoms with Crippen molar-refractivity contribution in [1.29, 1.82) is 0 Å². The molecular formula is C26H35N3O3S. The Hall–Kier alpha value is -2.35. The Balaban J connectivity index is 0.00000149. The van der Waals surface area contributed by atoms with Crippen LogP contribution in [-0.4, -0.2) is 60.3 Å². The lowest BCUT2D eigenvalue weighted by Crippen LogP contribution is -2.42. The number of ether oxygens (including phenoxy) is 1. The average molecular weight is 470 g/mol. The number of fused-ring (bicyclic) bond motifs is 1.